The fourth-order valence-corrected chi connectivity index (χ4v) is 3.04. The van der Waals surface area contributed by atoms with Crippen molar-refractivity contribution >= 4 is 17.7 Å². The number of methoxy groups -OCH3 is 1. The molecular weight excluding hydrogens is 324 g/mol. The third-order valence-corrected chi connectivity index (χ3v) is 4.25. The van der Waals surface area contributed by atoms with Crippen molar-refractivity contribution in [2.45, 2.75) is 33.0 Å². The highest BCUT2D eigenvalue weighted by Crippen LogP contribution is 2.34. The molecule has 0 aromatic heterocycles. The number of amides is 1. The van der Waals surface area contributed by atoms with Crippen LogP contribution in [0.5, 0.6) is 5.75 Å². The summed E-state index contributed by atoms with van der Waals surface area (Å²) in [7, 11) is 1.55. The summed E-state index contributed by atoms with van der Waals surface area (Å²) in [6.07, 6.45) is -0.280. The lowest BCUT2D eigenvalue weighted by Gasteiger charge is -2.37. The number of piperazine rings is 1. The molecule has 136 valence electrons. The molecular formula is C18H24N2O5. The number of fused-ring (bicyclic) bond motifs is 1. The van der Waals surface area contributed by atoms with Gasteiger partial charge in [0.15, 0.2) is 0 Å². The molecule has 0 radical (unpaired) electrons. The van der Waals surface area contributed by atoms with Crippen LogP contribution in [0.1, 0.15) is 36.7 Å². The predicted molar refractivity (Wildman–Crippen MR) is 92.1 cm³/mol. The van der Waals surface area contributed by atoms with Gasteiger partial charge in [0, 0.05) is 43.5 Å². The Morgan fingerprint density at radius 1 is 1.16 bits per heavy atom. The van der Waals surface area contributed by atoms with Crippen molar-refractivity contribution in [1.29, 1.82) is 0 Å². The number of nitrogens with zero attached hydrogens (tertiary/aromatic N) is 2. The van der Waals surface area contributed by atoms with Crippen LogP contribution in [0.3, 0.4) is 0 Å². The predicted octanol–water partition coefficient (Wildman–Crippen LogP) is 2.42. The van der Waals surface area contributed by atoms with E-state index in [-0.39, 0.29) is 18.7 Å². The molecule has 0 saturated carbocycles. The van der Waals surface area contributed by atoms with Gasteiger partial charge in [-0.1, -0.05) is 0 Å². The molecule has 0 atom stereocenters. The topological polar surface area (TPSA) is 68.3 Å². The van der Waals surface area contributed by atoms with Gasteiger partial charge in [0.05, 0.1) is 7.11 Å². The SMILES string of the molecule is COc1cc(N2CCN(C(=O)OC(C)(C)C)CC2)cc2c1C(=O)OC2. The maximum atomic E-state index is 12.2. The highest BCUT2D eigenvalue weighted by atomic mass is 16.6. The van der Waals surface area contributed by atoms with Crippen LogP contribution in [-0.4, -0.2) is 55.9 Å². The highest BCUT2D eigenvalue weighted by Gasteiger charge is 2.30. The molecule has 1 aromatic carbocycles. The quantitative estimate of drug-likeness (QED) is 0.765. The third kappa shape index (κ3) is 3.65. The number of hydrogen-bond acceptors (Lipinski definition) is 6. The van der Waals surface area contributed by atoms with Gasteiger partial charge < -0.3 is 24.0 Å². The Morgan fingerprint density at radius 3 is 2.44 bits per heavy atom. The first-order valence-corrected chi connectivity index (χ1v) is 8.39. The monoisotopic (exact) mass is 348 g/mol. The summed E-state index contributed by atoms with van der Waals surface area (Å²) in [5.41, 5.74) is 1.83. The summed E-state index contributed by atoms with van der Waals surface area (Å²) < 4.78 is 15.9. The summed E-state index contributed by atoms with van der Waals surface area (Å²) in [6, 6.07) is 3.82. The van der Waals surface area contributed by atoms with Crippen LogP contribution in [-0.2, 0) is 16.1 Å². The molecule has 0 aliphatic carbocycles. The molecule has 2 aliphatic heterocycles. The molecule has 1 amide bonds. The van der Waals surface area contributed by atoms with E-state index >= 15 is 0 Å². The number of hydrogen-bond donors (Lipinski definition) is 0. The fourth-order valence-electron chi connectivity index (χ4n) is 3.04. The van der Waals surface area contributed by atoms with Crippen LogP contribution in [0.25, 0.3) is 0 Å². The van der Waals surface area contributed by atoms with Gasteiger partial charge >= 0.3 is 12.1 Å². The first-order valence-electron chi connectivity index (χ1n) is 8.39. The zero-order chi connectivity index (χ0) is 18.2. The van der Waals surface area contributed by atoms with Gasteiger partial charge in [-0.3, -0.25) is 0 Å². The Hall–Kier alpha value is -2.44. The fraction of sp³-hybridized carbons (Fsp3) is 0.556. The van der Waals surface area contributed by atoms with E-state index in [2.05, 4.69) is 4.90 Å². The smallest absolute Gasteiger partial charge is 0.410 e. The minimum absolute atomic E-state index is 0.274. The normalized spacial score (nSPS) is 17.2. The second kappa shape index (κ2) is 6.46. The van der Waals surface area contributed by atoms with E-state index in [9.17, 15) is 9.59 Å². The molecule has 2 heterocycles. The van der Waals surface area contributed by atoms with Crippen molar-refractivity contribution in [3.8, 4) is 5.75 Å². The number of rotatable bonds is 2. The van der Waals surface area contributed by atoms with Crippen LogP contribution in [0.2, 0.25) is 0 Å². The summed E-state index contributed by atoms with van der Waals surface area (Å²) in [5.74, 6) is 0.192. The zero-order valence-electron chi connectivity index (χ0n) is 15.1. The van der Waals surface area contributed by atoms with E-state index in [1.807, 2.05) is 32.9 Å². The average Bonchev–Trinajstić information content (AvgIpc) is 2.94. The number of esters is 1. The van der Waals surface area contributed by atoms with Crippen molar-refractivity contribution in [1.82, 2.24) is 4.90 Å². The maximum absolute atomic E-state index is 12.2. The van der Waals surface area contributed by atoms with Gasteiger partial charge in [-0.25, -0.2) is 9.59 Å². The minimum atomic E-state index is -0.492. The van der Waals surface area contributed by atoms with Gasteiger partial charge in [-0.05, 0) is 26.8 Å². The number of carbonyl (C=O) groups excluding carboxylic acids is 2. The number of benzene rings is 1. The summed E-state index contributed by atoms with van der Waals surface area (Å²) in [5, 5.41) is 0. The minimum Gasteiger partial charge on any atom is -0.496 e. The Bertz CT molecular complexity index is 687. The van der Waals surface area contributed by atoms with Crippen molar-refractivity contribution in [3.63, 3.8) is 0 Å². The summed E-state index contributed by atoms with van der Waals surface area (Å²) in [4.78, 5) is 27.8. The van der Waals surface area contributed by atoms with E-state index in [1.54, 1.807) is 12.0 Å². The molecule has 0 bridgehead atoms. The maximum Gasteiger partial charge on any atom is 0.410 e. The van der Waals surface area contributed by atoms with Crippen molar-refractivity contribution in [2.75, 3.05) is 38.2 Å². The lowest BCUT2D eigenvalue weighted by atomic mass is 10.1. The molecule has 2 aliphatic rings. The lowest BCUT2D eigenvalue weighted by Crippen LogP contribution is -2.50. The average molecular weight is 348 g/mol. The van der Waals surface area contributed by atoms with E-state index < -0.39 is 5.60 Å². The number of cyclic esters (lactones) is 1. The molecule has 3 rings (SSSR count). The first kappa shape index (κ1) is 17.4. The van der Waals surface area contributed by atoms with Gasteiger partial charge in [0.1, 0.15) is 23.5 Å². The molecule has 1 fully saturated rings. The Morgan fingerprint density at radius 2 is 1.84 bits per heavy atom. The number of ether oxygens (including phenoxy) is 3. The van der Waals surface area contributed by atoms with E-state index in [0.29, 0.717) is 37.5 Å². The molecule has 25 heavy (non-hydrogen) atoms. The molecule has 0 spiro atoms. The van der Waals surface area contributed by atoms with Crippen LogP contribution in [0, 0.1) is 0 Å². The first-order chi connectivity index (χ1) is 11.8. The Kier molecular flexibility index (Phi) is 4.49. The van der Waals surface area contributed by atoms with Gasteiger partial charge in [0.2, 0.25) is 0 Å². The van der Waals surface area contributed by atoms with E-state index in [1.165, 1.54) is 0 Å². The second-order valence-electron chi connectivity index (χ2n) is 7.21. The van der Waals surface area contributed by atoms with E-state index in [0.717, 1.165) is 11.3 Å². The van der Waals surface area contributed by atoms with E-state index in [4.69, 9.17) is 14.2 Å². The third-order valence-electron chi connectivity index (χ3n) is 4.25. The Balaban J connectivity index is 1.70. The second-order valence-corrected chi connectivity index (χ2v) is 7.21. The summed E-state index contributed by atoms with van der Waals surface area (Å²) in [6.45, 7) is 8.42. The highest BCUT2D eigenvalue weighted by molar-refractivity contribution is 5.97. The standard InChI is InChI=1S/C18H24N2O5/c1-18(2,3)25-17(22)20-7-5-19(6-8-20)13-9-12-11-24-16(21)15(12)14(10-13)23-4/h9-10H,5-8,11H2,1-4H3. The van der Waals surface area contributed by atoms with Gasteiger partial charge in [-0.15, -0.1) is 0 Å². The van der Waals surface area contributed by atoms with Crippen LogP contribution >= 0.6 is 0 Å². The largest absolute Gasteiger partial charge is 0.496 e. The van der Waals surface area contributed by atoms with Crippen molar-refractivity contribution in [3.05, 3.63) is 23.3 Å². The molecule has 1 saturated heterocycles. The molecule has 7 nitrogen and oxygen atoms in total. The van der Waals surface area contributed by atoms with Crippen LogP contribution in [0.15, 0.2) is 12.1 Å². The molecule has 0 unspecified atom stereocenters. The van der Waals surface area contributed by atoms with Gasteiger partial charge in [0.25, 0.3) is 0 Å². The summed E-state index contributed by atoms with van der Waals surface area (Å²) >= 11 is 0. The zero-order valence-corrected chi connectivity index (χ0v) is 15.1. The Labute approximate surface area is 147 Å². The lowest BCUT2D eigenvalue weighted by molar-refractivity contribution is 0.0240. The van der Waals surface area contributed by atoms with Crippen molar-refractivity contribution < 1.29 is 23.8 Å². The van der Waals surface area contributed by atoms with Crippen molar-refractivity contribution in [2.24, 2.45) is 0 Å². The van der Waals surface area contributed by atoms with Crippen LogP contribution in [0.4, 0.5) is 10.5 Å². The van der Waals surface area contributed by atoms with Crippen LogP contribution < -0.4 is 9.64 Å². The molecule has 0 N–H and O–H groups in total. The number of anilines is 1. The molecule has 1 aromatic rings. The van der Waals surface area contributed by atoms with Gasteiger partial charge in [-0.2, -0.15) is 0 Å². The molecule has 7 heteroatoms. The number of carbonyl (C=O) groups is 2.